The maximum atomic E-state index is 13.4. The molecule has 0 bridgehead atoms. The summed E-state index contributed by atoms with van der Waals surface area (Å²) in [6, 6.07) is 11.9. The Morgan fingerprint density at radius 2 is 2.00 bits per heavy atom. The van der Waals surface area contributed by atoms with Crippen LogP contribution in [-0.4, -0.2) is 5.91 Å². The van der Waals surface area contributed by atoms with Crippen molar-refractivity contribution in [2.45, 2.75) is 19.8 Å². The Labute approximate surface area is 117 Å². The molecule has 4 heteroatoms. The smallest absolute Gasteiger partial charge is 0.224 e. The fraction of sp³-hybridized carbons (Fsp3) is 0.188. The molecule has 3 nitrogen and oxygen atoms in total. The molecule has 0 aromatic heterocycles. The van der Waals surface area contributed by atoms with Gasteiger partial charge in [0.1, 0.15) is 5.82 Å². The molecule has 0 aliphatic rings. The molecule has 3 N–H and O–H groups in total. The summed E-state index contributed by atoms with van der Waals surface area (Å²) in [5.74, 6) is -0.644. The second kappa shape index (κ2) is 6.19. The molecule has 0 atom stereocenters. The third-order valence-electron chi connectivity index (χ3n) is 3.13. The van der Waals surface area contributed by atoms with Crippen LogP contribution in [0.15, 0.2) is 42.5 Å². The van der Waals surface area contributed by atoms with Crippen molar-refractivity contribution in [1.82, 2.24) is 0 Å². The lowest BCUT2D eigenvalue weighted by Gasteiger charge is -2.07. The van der Waals surface area contributed by atoms with Crippen LogP contribution in [0, 0.1) is 12.7 Å². The summed E-state index contributed by atoms with van der Waals surface area (Å²) >= 11 is 0. The Morgan fingerprint density at radius 3 is 2.70 bits per heavy atom. The van der Waals surface area contributed by atoms with Crippen molar-refractivity contribution in [3.05, 3.63) is 59.4 Å². The van der Waals surface area contributed by atoms with E-state index in [0.29, 0.717) is 6.42 Å². The van der Waals surface area contributed by atoms with Crippen molar-refractivity contribution >= 4 is 17.3 Å². The molecule has 0 aliphatic carbocycles. The van der Waals surface area contributed by atoms with E-state index in [9.17, 15) is 9.18 Å². The van der Waals surface area contributed by atoms with Crippen molar-refractivity contribution in [2.24, 2.45) is 0 Å². The van der Waals surface area contributed by atoms with E-state index in [0.717, 1.165) is 16.8 Å². The van der Waals surface area contributed by atoms with Crippen LogP contribution in [0.3, 0.4) is 0 Å². The van der Waals surface area contributed by atoms with E-state index < -0.39 is 5.82 Å². The number of amides is 1. The second-order valence-corrected chi connectivity index (χ2v) is 4.72. The van der Waals surface area contributed by atoms with Crippen LogP contribution in [-0.2, 0) is 11.2 Å². The van der Waals surface area contributed by atoms with Gasteiger partial charge in [-0.25, -0.2) is 4.39 Å². The molecule has 0 aliphatic heterocycles. The van der Waals surface area contributed by atoms with Crippen molar-refractivity contribution in [3.63, 3.8) is 0 Å². The normalized spacial score (nSPS) is 10.3. The van der Waals surface area contributed by atoms with Gasteiger partial charge in [0.2, 0.25) is 5.91 Å². The van der Waals surface area contributed by atoms with Crippen LogP contribution < -0.4 is 11.1 Å². The van der Waals surface area contributed by atoms with Crippen LogP contribution in [0.1, 0.15) is 17.5 Å². The third-order valence-corrected chi connectivity index (χ3v) is 3.13. The number of carbonyl (C=O) groups excluding carboxylic acids is 1. The highest BCUT2D eigenvalue weighted by Gasteiger charge is 2.07. The number of benzene rings is 2. The Morgan fingerprint density at radius 1 is 1.25 bits per heavy atom. The molecule has 0 fully saturated rings. The summed E-state index contributed by atoms with van der Waals surface area (Å²) < 4.78 is 13.4. The van der Waals surface area contributed by atoms with E-state index >= 15 is 0 Å². The fourth-order valence-electron chi connectivity index (χ4n) is 1.88. The molecule has 2 aromatic carbocycles. The first-order chi connectivity index (χ1) is 9.56. The van der Waals surface area contributed by atoms with E-state index in [1.807, 2.05) is 25.1 Å². The molecular weight excluding hydrogens is 255 g/mol. The SMILES string of the molecule is Cc1ccc(CCC(=O)Nc2ccccc2F)cc1N. The summed E-state index contributed by atoms with van der Waals surface area (Å²) in [5, 5.41) is 2.56. The highest BCUT2D eigenvalue weighted by atomic mass is 19.1. The average Bonchev–Trinajstić information content (AvgIpc) is 2.43. The zero-order chi connectivity index (χ0) is 14.5. The van der Waals surface area contributed by atoms with Gasteiger partial charge in [0.25, 0.3) is 0 Å². The molecule has 0 unspecified atom stereocenters. The number of hydrogen-bond acceptors (Lipinski definition) is 2. The van der Waals surface area contributed by atoms with Crippen molar-refractivity contribution < 1.29 is 9.18 Å². The zero-order valence-electron chi connectivity index (χ0n) is 11.3. The summed E-state index contributed by atoms with van der Waals surface area (Å²) in [7, 11) is 0. The van der Waals surface area contributed by atoms with Crippen LogP contribution in [0.2, 0.25) is 0 Å². The van der Waals surface area contributed by atoms with Gasteiger partial charge in [-0.2, -0.15) is 0 Å². The number of aryl methyl sites for hydroxylation is 2. The first-order valence-corrected chi connectivity index (χ1v) is 6.45. The minimum atomic E-state index is -0.430. The summed E-state index contributed by atoms with van der Waals surface area (Å²) in [5.41, 5.74) is 8.76. The molecular formula is C16H17FN2O. The monoisotopic (exact) mass is 272 g/mol. The maximum absolute atomic E-state index is 13.4. The largest absolute Gasteiger partial charge is 0.399 e. The van der Waals surface area contributed by atoms with E-state index in [1.165, 1.54) is 12.1 Å². The lowest BCUT2D eigenvalue weighted by Crippen LogP contribution is -2.13. The summed E-state index contributed by atoms with van der Waals surface area (Å²) in [6.07, 6.45) is 0.863. The number of carbonyl (C=O) groups is 1. The predicted octanol–water partition coefficient (Wildman–Crippen LogP) is 3.29. The van der Waals surface area contributed by atoms with Crippen molar-refractivity contribution in [1.29, 1.82) is 0 Å². The first-order valence-electron chi connectivity index (χ1n) is 6.45. The molecule has 2 aromatic rings. The molecule has 2 rings (SSSR count). The number of nitrogens with two attached hydrogens (primary N) is 1. The number of nitrogens with one attached hydrogen (secondary N) is 1. The molecule has 20 heavy (non-hydrogen) atoms. The minimum Gasteiger partial charge on any atom is -0.399 e. The molecule has 0 saturated carbocycles. The molecule has 1 amide bonds. The Kier molecular flexibility index (Phi) is 4.35. The highest BCUT2D eigenvalue weighted by Crippen LogP contribution is 2.16. The van der Waals surface area contributed by atoms with Gasteiger partial charge in [0.15, 0.2) is 0 Å². The number of halogens is 1. The lowest BCUT2D eigenvalue weighted by atomic mass is 10.1. The Balaban J connectivity index is 1.92. The Bertz CT molecular complexity index is 626. The Hall–Kier alpha value is -2.36. The van der Waals surface area contributed by atoms with Gasteiger partial charge >= 0.3 is 0 Å². The third kappa shape index (κ3) is 3.57. The molecule has 0 spiro atoms. The summed E-state index contributed by atoms with van der Waals surface area (Å²) in [4.78, 5) is 11.8. The van der Waals surface area contributed by atoms with Gasteiger partial charge in [-0.15, -0.1) is 0 Å². The fourth-order valence-corrected chi connectivity index (χ4v) is 1.88. The van der Waals surface area contributed by atoms with Gasteiger partial charge in [-0.05, 0) is 42.7 Å². The maximum Gasteiger partial charge on any atom is 0.224 e. The van der Waals surface area contributed by atoms with E-state index in [-0.39, 0.29) is 18.0 Å². The van der Waals surface area contributed by atoms with Crippen molar-refractivity contribution in [2.75, 3.05) is 11.1 Å². The molecule has 104 valence electrons. The van der Waals surface area contributed by atoms with Gasteiger partial charge in [0.05, 0.1) is 5.69 Å². The van der Waals surface area contributed by atoms with Crippen LogP contribution in [0.5, 0.6) is 0 Å². The van der Waals surface area contributed by atoms with E-state index in [1.54, 1.807) is 12.1 Å². The van der Waals surface area contributed by atoms with Gasteiger partial charge < -0.3 is 11.1 Å². The molecule has 0 saturated heterocycles. The van der Waals surface area contributed by atoms with Gasteiger partial charge in [-0.3, -0.25) is 4.79 Å². The minimum absolute atomic E-state index is 0.209. The quantitative estimate of drug-likeness (QED) is 0.839. The van der Waals surface area contributed by atoms with E-state index in [4.69, 9.17) is 5.73 Å². The van der Waals surface area contributed by atoms with Crippen molar-refractivity contribution in [3.8, 4) is 0 Å². The van der Waals surface area contributed by atoms with Crippen LogP contribution in [0.4, 0.5) is 15.8 Å². The average molecular weight is 272 g/mol. The number of hydrogen-bond donors (Lipinski definition) is 2. The standard InChI is InChI=1S/C16H17FN2O/c1-11-6-7-12(10-14(11)18)8-9-16(20)19-15-5-3-2-4-13(15)17/h2-7,10H,8-9,18H2,1H3,(H,19,20). The number of anilines is 2. The highest BCUT2D eigenvalue weighted by molar-refractivity contribution is 5.90. The molecule has 0 heterocycles. The van der Waals surface area contributed by atoms with E-state index in [2.05, 4.69) is 5.32 Å². The summed E-state index contributed by atoms with van der Waals surface area (Å²) in [6.45, 7) is 1.93. The lowest BCUT2D eigenvalue weighted by molar-refractivity contribution is -0.116. The number of nitrogen functional groups attached to an aromatic ring is 1. The predicted molar refractivity (Wildman–Crippen MR) is 78.9 cm³/mol. The number of rotatable bonds is 4. The number of para-hydroxylation sites is 1. The zero-order valence-corrected chi connectivity index (χ0v) is 11.3. The van der Waals surface area contributed by atoms with Gasteiger partial charge in [-0.1, -0.05) is 24.3 Å². The van der Waals surface area contributed by atoms with Crippen LogP contribution >= 0.6 is 0 Å². The van der Waals surface area contributed by atoms with Crippen LogP contribution in [0.25, 0.3) is 0 Å². The van der Waals surface area contributed by atoms with Gasteiger partial charge in [0, 0.05) is 12.1 Å². The first kappa shape index (κ1) is 14.1. The topological polar surface area (TPSA) is 55.1 Å². The molecule has 0 radical (unpaired) electrons. The second-order valence-electron chi connectivity index (χ2n) is 4.72.